The highest BCUT2D eigenvalue weighted by molar-refractivity contribution is 5.70. The topological polar surface area (TPSA) is 65.1 Å². The van der Waals surface area contributed by atoms with Crippen molar-refractivity contribution in [3.05, 3.63) is 0 Å². The molecule has 0 saturated carbocycles. The minimum atomic E-state index is -0.504. The van der Waals surface area contributed by atoms with Gasteiger partial charge in [0.2, 0.25) is 0 Å². The summed E-state index contributed by atoms with van der Waals surface area (Å²) >= 11 is 0. The van der Waals surface area contributed by atoms with E-state index in [4.69, 9.17) is 14.2 Å². The molecule has 0 N–H and O–H groups in total. The van der Waals surface area contributed by atoms with Crippen LogP contribution in [0.5, 0.6) is 0 Å². The highest BCUT2D eigenvalue weighted by Crippen LogP contribution is 2.20. The molecule has 1 amide bonds. The van der Waals surface area contributed by atoms with Gasteiger partial charge in [0.1, 0.15) is 12.2 Å². The Bertz CT molecular complexity index is 337. The quantitative estimate of drug-likeness (QED) is 0.723. The molecule has 0 aliphatic carbocycles. The molecule has 1 aliphatic rings. The fourth-order valence-electron chi connectivity index (χ4n) is 2.05. The normalized spacial score (nSPS) is 19.0. The highest BCUT2D eigenvalue weighted by Gasteiger charge is 2.32. The van der Waals surface area contributed by atoms with Crippen molar-refractivity contribution < 1.29 is 23.8 Å². The van der Waals surface area contributed by atoms with Gasteiger partial charge in [0.25, 0.3) is 0 Å². The van der Waals surface area contributed by atoms with Crippen LogP contribution in [0.4, 0.5) is 4.79 Å². The zero-order chi connectivity index (χ0) is 15.2. The summed E-state index contributed by atoms with van der Waals surface area (Å²) in [5, 5.41) is 0. The Morgan fingerprint density at radius 1 is 1.30 bits per heavy atom. The smallest absolute Gasteiger partial charge is 0.410 e. The molecule has 0 spiro atoms. The number of rotatable bonds is 5. The molecular weight excluding hydrogens is 262 g/mol. The zero-order valence-corrected chi connectivity index (χ0v) is 12.8. The molecule has 6 heteroatoms. The van der Waals surface area contributed by atoms with Crippen molar-refractivity contribution in [2.24, 2.45) is 0 Å². The van der Waals surface area contributed by atoms with E-state index in [0.29, 0.717) is 19.8 Å². The molecule has 20 heavy (non-hydrogen) atoms. The number of nitrogens with zero attached hydrogens (tertiary/aromatic N) is 1. The van der Waals surface area contributed by atoms with Gasteiger partial charge in [-0.1, -0.05) is 0 Å². The van der Waals surface area contributed by atoms with E-state index < -0.39 is 5.60 Å². The van der Waals surface area contributed by atoms with E-state index in [9.17, 15) is 9.59 Å². The van der Waals surface area contributed by atoms with Crippen LogP contribution in [0.2, 0.25) is 0 Å². The number of carbonyl (C=O) groups excluding carboxylic acids is 2. The van der Waals surface area contributed by atoms with Crippen LogP contribution in [0.15, 0.2) is 0 Å². The highest BCUT2D eigenvalue weighted by atomic mass is 16.6. The Morgan fingerprint density at radius 2 is 2.00 bits per heavy atom. The molecule has 0 unspecified atom stereocenters. The van der Waals surface area contributed by atoms with E-state index in [-0.39, 0.29) is 24.7 Å². The number of ether oxygens (including phenoxy) is 3. The largest absolute Gasteiger partial charge is 0.464 e. The van der Waals surface area contributed by atoms with Gasteiger partial charge in [-0.3, -0.25) is 0 Å². The van der Waals surface area contributed by atoms with Gasteiger partial charge in [-0.2, -0.15) is 0 Å². The number of carbonyl (C=O) groups is 2. The number of hydrogen-bond acceptors (Lipinski definition) is 5. The van der Waals surface area contributed by atoms with Gasteiger partial charge in [-0.15, -0.1) is 0 Å². The maximum atomic E-state index is 12.0. The molecular formula is C14H25NO5. The van der Waals surface area contributed by atoms with Crippen LogP contribution < -0.4 is 0 Å². The summed E-state index contributed by atoms with van der Waals surface area (Å²) in [7, 11) is 0. The summed E-state index contributed by atoms with van der Waals surface area (Å²) in [4.78, 5) is 24.9. The molecule has 1 atom stereocenters. The van der Waals surface area contributed by atoms with Crippen LogP contribution in [0.3, 0.4) is 0 Å². The Morgan fingerprint density at radius 3 is 2.60 bits per heavy atom. The lowest BCUT2D eigenvalue weighted by molar-refractivity contribution is -0.148. The van der Waals surface area contributed by atoms with Crippen LogP contribution >= 0.6 is 0 Å². The third-order valence-electron chi connectivity index (χ3n) is 2.84. The predicted molar refractivity (Wildman–Crippen MR) is 73.4 cm³/mol. The zero-order valence-electron chi connectivity index (χ0n) is 12.8. The van der Waals surface area contributed by atoms with Crippen molar-refractivity contribution in [1.29, 1.82) is 0 Å². The molecule has 0 radical (unpaired) electrons. The molecule has 1 rings (SSSR count). The minimum absolute atomic E-state index is 0.0284. The first-order chi connectivity index (χ1) is 9.33. The maximum absolute atomic E-state index is 12.0. The van der Waals surface area contributed by atoms with Crippen LogP contribution in [-0.2, 0) is 19.0 Å². The van der Waals surface area contributed by atoms with Crippen molar-refractivity contribution in [1.82, 2.24) is 4.90 Å². The molecule has 1 saturated heterocycles. The number of amides is 1. The first-order valence-corrected chi connectivity index (χ1v) is 7.06. The lowest BCUT2D eigenvalue weighted by Gasteiger charge is -2.28. The van der Waals surface area contributed by atoms with Gasteiger partial charge in [-0.25, -0.2) is 9.59 Å². The molecule has 1 aliphatic heterocycles. The Kier molecular flexibility index (Phi) is 6.26. The van der Waals surface area contributed by atoms with Gasteiger partial charge in [0.05, 0.1) is 19.3 Å². The molecule has 0 aromatic carbocycles. The van der Waals surface area contributed by atoms with Gasteiger partial charge >= 0.3 is 12.1 Å². The molecule has 116 valence electrons. The van der Waals surface area contributed by atoms with Gasteiger partial charge in [-0.05, 0) is 40.5 Å². The minimum Gasteiger partial charge on any atom is -0.464 e. The van der Waals surface area contributed by atoms with E-state index in [0.717, 1.165) is 12.8 Å². The molecule has 0 aromatic heterocycles. The average Bonchev–Trinajstić information content (AvgIpc) is 2.75. The van der Waals surface area contributed by atoms with E-state index in [1.54, 1.807) is 11.8 Å². The first kappa shape index (κ1) is 16.8. The lowest BCUT2D eigenvalue weighted by Crippen LogP contribution is -2.42. The average molecular weight is 287 g/mol. The number of esters is 1. The Balaban J connectivity index is 2.37. The molecule has 1 fully saturated rings. The molecule has 0 aromatic rings. The van der Waals surface area contributed by atoms with Crippen molar-refractivity contribution in [3.8, 4) is 0 Å². The number of likely N-dealkylation sites (tertiary alicyclic amines) is 1. The van der Waals surface area contributed by atoms with E-state index >= 15 is 0 Å². The van der Waals surface area contributed by atoms with Crippen molar-refractivity contribution in [2.45, 2.75) is 52.2 Å². The van der Waals surface area contributed by atoms with Crippen LogP contribution in [0, 0.1) is 0 Å². The van der Waals surface area contributed by atoms with Crippen LogP contribution in [-0.4, -0.2) is 55.0 Å². The maximum Gasteiger partial charge on any atom is 0.410 e. The monoisotopic (exact) mass is 287 g/mol. The van der Waals surface area contributed by atoms with Gasteiger partial charge in [0.15, 0.2) is 0 Å². The van der Waals surface area contributed by atoms with Crippen molar-refractivity contribution >= 4 is 12.1 Å². The van der Waals surface area contributed by atoms with E-state index in [2.05, 4.69) is 0 Å². The van der Waals surface area contributed by atoms with Crippen molar-refractivity contribution in [2.75, 3.05) is 26.4 Å². The second-order valence-electron chi connectivity index (χ2n) is 5.79. The van der Waals surface area contributed by atoms with E-state index in [1.165, 1.54) is 0 Å². The standard InChI is InChI=1S/C14H25NO5/c1-5-19-12(16)10-18-9-11-7-6-8-15(11)13(17)20-14(2,3)4/h11H,5-10H2,1-4H3/t11-/m0/s1. The Labute approximate surface area is 120 Å². The summed E-state index contributed by atoms with van der Waals surface area (Å²) < 4.78 is 15.5. The first-order valence-electron chi connectivity index (χ1n) is 7.06. The fraction of sp³-hybridized carbons (Fsp3) is 0.857. The van der Waals surface area contributed by atoms with Crippen LogP contribution in [0.25, 0.3) is 0 Å². The summed E-state index contributed by atoms with van der Waals surface area (Å²) in [6.07, 6.45) is 1.47. The lowest BCUT2D eigenvalue weighted by atomic mass is 10.2. The summed E-state index contributed by atoms with van der Waals surface area (Å²) in [5.41, 5.74) is -0.504. The third kappa shape index (κ3) is 5.77. The predicted octanol–water partition coefficient (Wildman–Crippen LogP) is 1.97. The van der Waals surface area contributed by atoms with Gasteiger partial charge < -0.3 is 19.1 Å². The second kappa shape index (κ2) is 7.47. The van der Waals surface area contributed by atoms with E-state index in [1.807, 2.05) is 20.8 Å². The van der Waals surface area contributed by atoms with Crippen molar-refractivity contribution in [3.63, 3.8) is 0 Å². The fourth-order valence-corrected chi connectivity index (χ4v) is 2.05. The molecule has 0 bridgehead atoms. The van der Waals surface area contributed by atoms with Gasteiger partial charge in [0, 0.05) is 6.54 Å². The summed E-state index contributed by atoms with van der Waals surface area (Å²) in [6.45, 7) is 8.54. The third-order valence-corrected chi connectivity index (χ3v) is 2.84. The molecule has 6 nitrogen and oxygen atoms in total. The SMILES string of the molecule is CCOC(=O)COC[C@@H]1CCCN1C(=O)OC(C)(C)C. The molecule has 1 heterocycles. The summed E-state index contributed by atoms with van der Waals surface area (Å²) in [5.74, 6) is -0.380. The second-order valence-corrected chi connectivity index (χ2v) is 5.79. The summed E-state index contributed by atoms with van der Waals surface area (Å²) in [6, 6.07) is -0.0284. The Hall–Kier alpha value is -1.30. The van der Waals surface area contributed by atoms with Crippen LogP contribution in [0.1, 0.15) is 40.5 Å². The number of hydrogen-bond donors (Lipinski definition) is 0.